The first kappa shape index (κ1) is 8.54. The van der Waals surface area contributed by atoms with Crippen LogP contribution in [0, 0.1) is 11.8 Å². The number of hydrogen-bond donors (Lipinski definition) is 1. The average molecular weight is 152 g/mol. The van der Waals surface area contributed by atoms with E-state index in [1.165, 1.54) is 0 Å². The standard InChI is InChI=1S/C10H16O/c1-8(2)10(11)9-6-4-3-5-7-9/h3-6,8-11H,7H2,1-2H3/t9-,10-/m1/s1. The number of rotatable bonds is 2. The van der Waals surface area contributed by atoms with E-state index in [0.29, 0.717) is 11.8 Å². The Hall–Kier alpha value is -0.560. The monoisotopic (exact) mass is 152 g/mol. The lowest BCUT2D eigenvalue weighted by molar-refractivity contribution is 0.0847. The van der Waals surface area contributed by atoms with E-state index in [1.807, 2.05) is 12.2 Å². The van der Waals surface area contributed by atoms with Gasteiger partial charge >= 0.3 is 0 Å². The van der Waals surface area contributed by atoms with Gasteiger partial charge in [0.25, 0.3) is 0 Å². The van der Waals surface area contributed by atoms with Gasteiger partial charge in [-0.15, -0.1) is 0 Å². The molecule has 0 aromatic heterocycles. The van der Waals surface area contributed by atoms with Crippen molar-refractivity contribution in [1.29, 1.82) is 0 Å². The van der Waals surface area contributed by atoms with Crippen molar-refractivity contribution in [3.05, 3.63) is 24.3 Å². The zero-order chi connectivity index (χ0) is 8.27. The molecule has 0 unspecified atom stereocenters. The predicted octanol–water partition coefficient (Wildman–Crippen LogP) is 2.14. The Labute approximate surface area is 68.4 Å². The maximum absolute atomic E-state index is 9.67. The van der Waals surface area contributed by atoms with Crippen LogP contribution in [0.25, 0.3) is 0 Å². The lowest BCUT2D eigenvalue weighted by Crippen LogP contribution is -2.24. The topological polar surface area (TPSA) is 20.2 Å². The van der Waals surface area contributed by atoms with Crippen LogP contribution in [0.4, 0.5) is 0 Å². The molecule has 1 N–H and O–H groups in total. The summed E-state index contributed by atoms with van der Waals surface area (Å²) in [5.74, 6) is 0.691. The van der Waals surface area contributed by atoms with Crippen LogP contribution in [0.15, 0.2) is 24.3 Å². The van der Waals surface area contributed by atoms with E-state index < -0.39 is 0 Å². The van der Waals surface area contributed by atoms with Crippen molar-refractivity contribution in [2.75, 3.05) is 0 Å². The van der Waals surface area contributed by atoms with Gasteiger partial charge in [-0.1, -0.05) is 38.2 Å². The zero-order valence-corrected chi connectivity index (χ0v) is 7.20. The fourth-order valence-corrected chi connectivity index (χ4v) is 1.35. The Morgan fingerprint density at radius 1 is 1.36 bits per heavy atom. The van der Waals surface area contributed by atoms with E-state index >= 15 is 0 Å². The van der Waals surface area contributed by atoms with Crippen LogP contribution in [0.2, 0.25) is 0 Å². The van der Waals surface area contributed by atoms with Gasteiger partial charge in [-0.2, -0.15) is 0 Å². The summed E-state index contributed by atoms with van der Waals surface area (Å²) in [6.45, 7) is 4.10. The first-order valence-electron chi connectivity index (χ1n) is 4.23. The molecule has 62 valence electrons. The van der Waals surface area contributed by atoms with Crippen molar-refractivity contribution in [3.8, 4) is 0 Å². The molecule has 0 radical (unpaired) electrons. The zero-order valence-electron chi connectivity index (χ0n) is 7.20. The van der Waals surface area contributed by atoms with Crippen LogP contribution in [0.1, 0.15) is 20.3 Å². The molecule has 0 heterocycles. The first-order valence-corrected chi connectivity index (χ1v) is 4.23. The third-order valence-electron chi connectivity index (χ3n) is 2.14. The van der Waals surface area contributed by atoms with E-state index in [2.05, 4.69) is 26.0 Å². The smallest absolute Gasteiger partial charge is 0.0628 e. The SMILES string of the molecule is CC(C)[C@@H](O)[C@@H]1C=CC=CC1. The lowest BCUT2D eigenvalue weighted by atomic mass is 9.88. The second-order valence-corrected chi connectivity index (χ2v) is 3.45. The van der Waals surface area contributed by atoms with Gasteiger partial charge in [0.15, 0.2) is 0 Å². The summed E-state index contributed by atoms with van der Waals surface area (Å²) in [6, 6.07) is 0. The Balaban J connectivity index is 2.48. The molecule has 2 atom stereocenters. The molecule has 1 rings (SSSR count). The summed E-state index contributed by atoms with van der Waals surface area (Å²) >= 11 is 0. The number of allylic oxidation sites excluding steroid dienone is 3. The van der Waals surface area contributed by atoms with Gasteiger partial charge in [0.05, 0.1) is 6.10 Å². The van der Waals surface area contributed by atoms with Crippen LogP contribution in [-0.2, 0) is 0 Å². The summed E-state index contributed by atoms with van der Waals surface area (Å²) in [5, 5.41) is 9.67. The maximum atomic E-state index is 9.67. The fourth-order valence-electron chi connectivity index (χ4n) is 1.35. The van der Waals surface area contributed by atoms with Gasteiger partial charge in [-0.3, -0.25) is 0 Å². The molecule has 1 nitrogen and oxygen atoms in total. The maximum Gasteiger partial charge on any atom is 0.0628 e. The minimum atomic E-state index is -0.184. The van der Waals surface area contributed by atoms with Crippen molar-refractivity contribution >= 4 is 0 Å². The molecule has 0 saturated heterocycles. The summed E-state index contributed by atoms with van der Waals surface area (Å²) < 4.78 is 0. The van der Waals surface area contributed by atoms with E-state index in [1.54, 1.807) is 0 Å². The van der Waals surface area contributed by atoms with Gasteiger partial charge in [0.1, 0.15) is 0 Å². The minimum Gasteiger partial charge on any atom is -0.392 e. The van der Waals surface area contributed by atoms with Crippen molar-refractivity contribution in [2.45, 2.75) is 26.4 Å². The Morgan fingerprint density at radius 2 is 2.09 bits per heavy atom. The highest BCUT2D eigenvalue weighted by Gasteiger charge is 2.18. The van der Waals surface area contributed by atoms with Crippen LogP contribution >= 0.6 is 0 Å². The number of aliphatic hydroxyl groups is 1. The highest BCUT2D eigenvalue weighted by atomic mass is 16.3. The van der Waals surface area contributed by atoms with E-state index in [9.17, 15) is 5.11 Å². The minimum absolute atomic E-state index is 0.184. The normalized spacial score (nSPS) is 26.0. The number of hydrogen-bond acceptors (Lipinski definition) is 1. The molecular formula is C10H16O. The molecule has 11 heavy (non-hydrogen) atoms. The van der Waals surface area contributed by atoms with Crippen LogP contribution in [-0.4, -0.2) is 11.2 Å². The average Bonchev–Trinajstić information content (AvgIpc) is 2.05. The summed E-state index contributed by atoms with van der Waals surface area (Å²) in [5.41, 5.74) is 0. The van der Waals surface area contributed by atoms with Gasteiger partial charge < -0.3 is 5.11 Å². The molecule has 1 aliphatic carbocycles. The Morgan fingerprint density at radius 3 is 2.55 bits per heavy atom. The fraction of sp³-hybridized carbons (Fsp3) is 0.600. The molecule has 0 fully saturated rings. The molecule has 0 aromatic carbocycles. The lowest BCUT2D eigenvalue weighted by Gasteiger charge is -2.22. The molecule has 0 saturated carbocycles. The van der Waals surface area contributed by atoms with Gasteiger partial charge in [0, 0.05) is 5.92 Å². The van der Waals surface area contributed by atoms with Crippen molar-refractivity contribution in [1.82, 2.24) is 0 Å². The summed E-state index contributed by atoms with van der Waals surface area (Å²) in [4.78, 5) is 0. The highest BCUT2D eigenvalue weighted by molar-refractivity contribution is 5.12. The first-order chi connectivity index (χ1) is 5.22. The summed E-state index contributed by atoms with van der Waals surface area (Å²) in [6.07, 6.45) is 9.04. The molecule has 1 heteroatoms. The van der Waals surface area contributed by atoms with Gasteiger partial charge in [-0.05, 0) is 12.3 Å². The third-order valence-corrected chi connectivity index (χ3v) is 2.14. The van der Waals surface area contributed by atoms with Gasteiger partial charge in [0.2, 0.25) is 0 Å². The molecule has 0 spiro atoms. The molecular weight excluding hydrogens is 136 g/mol. The largest absolute Gasteiger partial charge is 0.392 e. The molecule has 0 amide bonds. The van der Waals surface area contributed by atoms with Crippen LogP contribution in [0.5, 0.6) is 0 Å². The Kier molecular flexibility index (Phi) is 2.89. The van der Waals surface area contributed by atoms with E-state index in [4.69, 9.17) is 0 Å². The predicted molar refractivity (Wildman–Crippen MR) is 47.2 cm³/mol. The molecule has 1 aliphatic rings. The molecule has 0 aromatic rings. The van der Waals surface area contributed by atoms with Crippen molar-refractivity contribution < 1.29 is 5.11 Å². The van der Waals surface area contributed by atoms with Crippen LogP contribution < -0.4 is 0 Å². The quantitative estimate of drug-likeness (QED) is 0.642. The van der Waals surface area contributed by atoms with Gasteiger partial charge in [-0.25, -0.2) is 0 Å². The van der Waals surface area contributed by atoms with Crippen molar-refractivity contribution in [2.24, 2.45) is 11.8 Å². The third kappa shape index (κ3) is 2.19. The van der Waals surface area contributed by atoms with E-state index in [0.717, 1.165) is 6.42 Å². The number of aliphatic hydroxyl groups excluding tert-OH is 1. The van der Waals surface area contributed by atoms with Crippen molar-refractivity contribution in [3.63, 3.8) is 0 Å². The van der Waals surface area contributed by atoms with E-state index in [-0.39, 0.29) is 6.10 Å². The molecule has 0 aliphatic heterocycles. The Bertz CT molecular complexity index is 168. The molecule has 0 bridgehead atoms. The second-order valence-electron chi connectivity index (χ2n) is 3.45. The summed E-state index contributed by atoms with van der Waals surface area (Å²) in [7, 11) is 0. The second kappa shape index (κ2) is 3.72. The van der Waals surface area contributed by atoms with Crippen LogP contribution in [0.3, 0.4) is 0 Å². The highest BCUT2D eigenvalue weighted by Crippen LogP contribution is 2.20.